The summed E-state index contributed by atoms with van der Waals surface area (Å²) in [6.07, 6.45) is 7.90. The molecule has 1 aromatic carbocycles. The number of benzene rings is 1. The average Bonchev–Trinajstić information content (AvgIpc) is 3.52. The molecule has 0 aliphatic carbocycles. The minimum absolute atomic E-state index is 0.321. The lowest BCUT2D eigenvalue weighted by Gasteiger charge is -2.36. The van der Waals surface area contributed by atoms with Crippen LogP contribution in [-0.4, -0.2) is 69.6 Å². The van der Waals surface area contributed by atoms with Crippen molar-refractivity contribution in [3.05, 3.63) is 81.1 Å². The Morgan fingerprint density at radius 1 is 1.12 bits per heavy atom. The predicted octanol–water partition coefficient (Wildman–Crippen LogP) is 6.39. The van der Waals surface area contributed by atoms with Gasteiger partial charge in [-0.3, -0.25) is 14.7 Å². The van der Waals surface area contributed by atoms with Crippen LogP contribution in [0.3, 0.4) is 0 Å². The average molecular weight is 575 g/mol. The molecule has 220 valence electrons. The van der Waals surface area contributed by atoms with Gasteiger partial charge in [0.2, 0.25) is 0 Å². The number of carbonyl (C=O) groups is 1. The summed E-state index contributed by atoms with van der Waals surface area (Å²) in [7, 11) is 0. The molecule has 3 aromatic rings. The number of thiazole rings is 1. The summed E-state index contributed by atoms with van der Waals surface area (Å²) in [5, 5.41) is 11.4. The van der Waals surface area contributed by atoms with Gasteiger partial charge in [0, 0.05) is 49.2 Å². The smallest absolute Gasteiger partial charge is 0.321 e. The molecule has 2 aromatic heterocycles. The number of piperidine rings is 1. The Hall–Kier alpha value is -2.61. The molecule has 0 spiro atoms. The highest BCUT2D eigenvalue weighted by Gasteiger charge is 2.44. The Kier molecular flexibility index (Phi) is 9.27. The SMILES string of the molecule is CCc1nc(Cc2ccncc2)sc1C1CCN(CC2CN(C(C(=O)O)C(C)(C)C)CC2c2cccc(C)c2)CC1. The molecule has 3 unspecified atom stereocenters. The molecule has 0 amide bonds. The number of likely N-dealkylation sites (tertiary alicyclic amines) is 2. The lowest BCUT2D eigenvalue weighted by Crippen LogP contribution is -2.48. The Morgan fingerprint density at radius 3 is 2.49 bits per heavy atom. The van der Waals surface area contributed by atoms with Crippen molar-refractivity contribution in [2.75, 3.05) is 32.7 Å². The second-order valence-corrected chi connectivity index (χ2v) is 14.3. The number of pyridine rings is 1. The van der Waals surface area contributed by atoms with Gasteiger partial charge in [0.1, 0.15) is 6.04 Å². The molecule has 2 aliphatic heterocycles. The van der Waals surface area contributed by atoms with Gasteiger partial charge < -0.3 is 10.0 Å². The van der Waals surface area contributed by atoms with Crippen LogP contribution in [0, 0.1) is 18.3 Å². The van der Waals surface area contributed by atoms with Crippen molar-refractivity contribution in [2.45, 2.75) is 78.2 Å². The van der Waals surface area contributed by atoms with Crippen molar-refractivity contribution < 1.29 is 9.90 Å². The first-order valence-electron chi connectivity index (χ1n) is 15.3. The molecule has 7 heteroatoms. The normalized spacial score (nSPS) is 21.8. The van der Waals surface area contributed by atoms with Crippen LogP contribution in [0.5, 0.6) is 0 Å². The number of carboxylic acid groups (broad SMARTS) is 1. The first kappa shape index (κ1) is 29.9. The number of rotatable bonds is 9. The first-order chi connectivity index (χ1) is 19.6. The van der Waals surface area contributed by atoms with Crippen LogP contribution in [-0.2, 0) is 17.6 Å². The van der Waals surface area contributed by atoms with Crippen molar-refractivity contribution in [2.24, 2.45) is 11.3 Å². The van der Waals surface area contributed by atoms with E-state index in [0.29, 0.717) is 17.8 Å². The molecule has 41 heavy (non-hydrogen) atoms. The first-order valence-corrected chi connectivity index (χ1v) is 16.1. The van der Waals surface area contributed by atoms with Crippen molar-refractivity contribution in [1.82, 2.24) is 19.8 Å². The maximum atomic E-state index is 12.4. The summed E-state index contributed by atoms with van der Waals surface area (Å²) >= 11 is 1.91. The zero-order chi connectivity index (χ0) is 29.1. The Morgan fingerprint density at radius 2 is 1.85 bits per heavy atom. The third-order valence-electron chi connectivity index (χ3n) is 9.02. The van der Waals surface area contributed by atoms with Crippen LogP contribution in [0.1, 0.15) is 84.6 Å². The molecule has 5 rings (SSSR count). The van der Waals surface area contributed by atoms with Crippen molar-refractivity contribution in [3.8, 4) is 0 Å². The van der Waals surface area contributed by atoms with E-state index in [9.17, 15) is 9.90 Å². The number of aliphatic carboxylic acids is 1. The summed E-state index contributed by atoms with van der Waals surface area (Å²) in [4.78, 5) is 28.0. The van der Waals surface area contributed by atoms with Gasteiger partial charge in [-0.15, -0.1) is 11.3 Å². The van der Waals surface area contributed by atoms with Crippen LogP contribution >= 0.6 is 11.3 Å². The van der Waals surface area contributed by atoms with Gasteiger partial charge in [-0.05, 0) is 79.8 Å². The molecular formula is C34H46N4O2S. The second kappa shape index (κ2) is 12.7. The van der Waals surface area contributed by atoms with Crippen LogP contribution in [0.4, 0.5) is 0 Å². The van der Waals surface area contributed by atoms with Crippen molar-refractivity contribution in [3.63, 3.8) is 0 Å². The minimum atomic E-state index is -0.707. The maximum Gasteiger partial charge on any atom is 0.321 e. The number of carboxylic acids is 1. The summed E-state index contributed by atoms with van der Waals surface area (Å²) in [5.41, 5.74) is 4.85. The van der Waals surface area contributed by atoms with Crippen LogP contribution < -0.4 is 0 Å². The number of hydrogen-bond acceptors (Lipinski definition) is 6. The van der Waals surface area contributed by atoms with Gasteiger partial charge in [0.15, 0.2) is 0 Å². The Balaban J connectivity index is 1.27. The van der Waals surface area contributed by atoms with Crippen molar-refractivity contribution in [1.29, 1.82) is 0 Å². The molecule has 6 nitrogen and oxygen atoms in total. The van der Waals surface area contributed by atoms with E-state index in [-0.39, 0.29) is 5.41 Å². The molecule has 1 N–H and O–H groups in total. The zero-order valence-corrected chi connectivity index (χ0v) is 26.2. The highest BCUT2D eigenvalue weighted by molar-refractivity contribution is 7.11. The molecule has 4 heterocycles. The summed E-state index contributed by atoms with van der Waals surface area (Å²) in [6, 6.07) is 12.5. The number of hydrogen-bond donors (Lipinski definition) is 1. The quantitative estimate of drug-likeness (QED) is 0.319. The fourth-order valence-corrected chi connectivity index (χ4v) is 8.46. The van der Waals surface area contributed by atoms with E-state index in [1.165, 1.54) is 32.3 Å². The van der Waals surface area contributed by atoms with E-state index in [0.717, 1.165) is 58.4 Å². The fraction of sp³-hybridized carbons (Fsp3) is 0.559. The van der Waals surface area contributed by atoms with E-state index < -0.39 is 12.0 Å². The number of aromatic nitrogens is 2. The molecule has 2 saturated heterocycles. The summed E-state index contributed by atoms with van der Waals surface area (Å²) in [6.45, 7) is 15.4. The van der Waals surface area contributed by atoms with Crippen LogP contribution in [0.2, 0.25) is 0 Å². The van der Waals surface area contributed by atoms with E-state index in [1.54, 1.807) is 0 Å². The number of aryl methyl sites for hydroxylation is 2. The van der Waals surface area contributed by atoms with E-state index in [2.05, 4.69) is 85.8 Å². The monoisotopic (exact) mass is 574 g/mol. The maximum absolute atomic E-state index is 12.4. The highest BCUT2D eigenvalue weighted by Crippen LogP contribution is 2.40. The summed E-state index contributed by atoms with van der Waals surface area (Å²) in [5.74, 6) is 0.635. The largest absolute Gasteiger partial charge is 0.480 e. The van der Waals surface area contributed by atoms with E-state index >= 15 is 0 Å². The third kappa shape index (κ3) is 7.07. The molecule has 2 fully saturated rings. The highest BCUT2D eigenvalue weighted by atomic mass is 32.1. The van der Waals surface area contributed by atoms with Gasteiger partial charge in [-0.1, -0.05) is 57.5 Å². The number of nitrogens with zero attached hydrogens (tertiary/aromatic N) is 4. The summed E-state index contributed by atoms with van der Waals surface area (Å²) < 4.78 is 0. The topological polar surface area (TPSA) is 69.6 Å². The molecule has 3 atom stereocenters. The molecule has 2 aliphatic rings. The van der Waals surface area contributed by atoms with Gasteiger partial charge in [0.05, 0.1) is 10.7 Å². The van der Waals surface area contributed by atoms with Gasteiger partial charge >= 0.3 is 5.97 Å². The fourth-order valence-electron chi connectivity index (χ4n) is 7.10. The van der Waals surface area contributed by atoms with Gasteiger partial charge in [0.25, 0.3) is 0 Å². The van der Waals surface area contributed by atoms with Crippen LogP contribution in [0.15, 0.2) is 48.8 Å². The minimum Gasteiger partial charge on any atom is -0.480 e. The second-order valence-electron chi connectivity index (χ2n) is 13.2. The third-order valence-corrected chi connectivity index (χ3v) is 10.3. The van der Waals surface area contributed by atoms with E-state index in [1.807, 2.05) is 23.7 Å². The zero-order valence-electron chi connectivity index (χ0n) is 25.3. The van der Waals surface area contributed by atoms with Crippen LogP contribution in [0.25, 0.3) is 0 Å². The van der Waals surface area contributed by atoms with E-state index in [4.69, 9.17) is 4.98 Å². The lowest BCUT2D eigenvalue weighted by molar-refractivity contribution is -0.147. The molecular weight excluding hydrogens is 528 g/mol. The lowest BCUT2D eigenvalue weighted by atomic mass is 9.85. The van der Waals surface area contributed by atoms with Crippen molar-refractivity contribution >= 4 is 17.3 Å². The molecule has 0 radical (unpaired) electrons. The van der Waals surface area contributed by atoms with Gasteiger partial charge in [-0.2, -0.15) is 0 Å². The molecule has 0 saturated carbocycles. The molecule has 0 bridgehead atoms. The Bertz CT molecular complexity index is 1310. The predicted molar refractivity (Wildman–Crippen MR) is 167 cm³/mol. The Labute approximate surface area is 249 Å². The standard InChI is InChI=1S/C34H46N4O2S/c1-6-29-31(41-30(36-29)19-24-10-14-35-15-11-24)25-12-16-37(17-13-25)20-27-21-38(32(33(39)40)34(3,4)5)22-28(27)26-9-7-8-23(2)18-26/h7-11,14-15,18,25,27-28,32H,6,12-13,16-17,19-22H2,1-5H3,(H,39,40). The van der Waals surface area contributed by atoms with Gasteiger partial charge in [-0.25, -0.2) is 4.98 Å².